The number of hydrazine groups is 2. The Morgan fingerprint density at radius 3 is 2.26 bits per heavy atom. The molecule has 4 rings (SSSR count). The van der Waals surface area contributed by atoms with Crippen molar-refractivity contribution in [1.82, 2.24) is 10.2 Å². The van der Waals surface area contributed by atoms with Crippen LogP contribution in [0.25, 0.3) is 0 Å². The van der Waals surface area contributed by atoms with E-state index in [1.165, 1.54) is 7.05 Å². The molecule has 0 fully saturated rings. The average Bonchev–Trinajstić information content (AvgIpc) is 2.90. The van der Waals surface area contributed by atoms with E-state index < -0.39 is 23.5 Å². The molecule has 2 aliphatic heterocycles. The second kappa shape index (κ2) is 5.63. The Morgan fingerprint density at radius 1 is 1.00 bits per heavy atom. The van der Waals surface area contributed by atoms with Crippen LogP contribution >= 0.6 is 0 Å². The number of alkyl halides is 3. The summed E-state index contributed by atoms with van der Waals surface area (Å²) in [6.45, 7) is 0. The molecule has 1 N–H and O–H groups in total. The zero-order chi connectivity index (χ0) is 19.5. The van der Waals surface area contributed by atoms with Crippen LogP contribution in [0.15, 0.2) is 60.2 Å². The van der Waals surface area contributed by atoms with Crippen LogP contribution in [-0.4, -0.2) is 28.3 Å². The lowest BCUT2D eigenvalue weighted by atomic mass is 10.1. The van der Waals surface area contributed by atoms with E-state index in [0.29, 0.717) is 5.28 Å². The number of nitrogens with zero attached hydrogens (tertiary/aromatic N) is 4. The first-order valence-corrected chi connectivity index (χ1v) is 7.76. The number of anilines is 2. The van der Waals surface area contributed by atoms with E-state index in [0.717, 1.165) is 39.2 Å². The van der Waals surface area contributed by atoms with Gasteiger partial charge in [0.05, 0.1) is 22.5 Å². The Bertz CT molecular complexity index is 959. The van der Waals surface area contributed by atoms with Crippen LogP contribution in [0.3, 0.4) is 0 Å². The summed E-state index contributed by atoms with van der Waals surface area (Å²) in [6.07, 6.45) is -4.52. The molecule has 0 unspecified atom stereocenters. The van der Waals surface area contributed by atoms with Crippen LogP contribution in [0.4, 0.5) is 24.5 Å². The van der Waals surface area contributed by atoms with Crippen molar-refractivity contribution in [2.24, 2.45) is 0 Å². The normalized spacial score (nSPS) is 17.5. The maximum atomic E-state index is 12.8. The maximum absolute atomic E-state index is 12.8. The van der Waals surface area contributed by atoms with Gasteiger partial charge in [-0.2, -0.15) is 13.2 Å². The molecule has 0 bridgehead atoms. The number of carbonyl (C=O) groups is 1. The summed E-state index contributed by atoms with van der Waals surface area (Å²) in [5, 5.41) is 25.8. The van der Waals surface area contributed by atoms with E-state index >= 15 is 0 Å². The standard InChI is InChI=1S/C17H13F3N4O3/c1-21-14-16(26)22(11-8-6-10(7-9-11)17(18,19)20)24(27)23(14)13-5-3-2-4-12(13)15(21)25/h2-9,26-27H,1H3/p-1. The molecule has 0 saturated carbocycles. The molecule has 0 atom stereocenters. The molecule has 0 aliphatic carbocycles. The first kappa shape index (κ1) is 17.2. The summed E-state index contributed by atoms with van der Waals surface area (Å²) in [5.74, 6) is -1.34. The van der Waals surface area contributed by atoms with Gasteiger partial charge in [0.25, 0.3) is 5.91 Å². The lowest BCUT2D eigenvalue weighted by Crippen LogP contribution is -2.49. The minimum absolute atomic E-state index is 0.00994. The SMILES string of the molecule is CN1C(=O)c2ccccc2N2C1=C([O-])N(c1ccc(C(F)(F)F)cc1)N2O. The highest BCUT2D eigenvalue weighted by atomic mass is 19.4. The fraction of sp³-hybridized carbons (Fsp3) is 0.118. The van der Waals surface area contributed by atoms with E-state index in [1.54, 1.807) is 24.3 Å². The largest absolute Gasteiger partial charge is 0.856 e. The number of hydrogen-bond acceptors (Lipinski definition) is 6. The van der Waals surface area contributed by atoms with Gasteiger partial charge >= 0.3 is 6.18 Å². The third-order valence-electron chi connectivity index (χ3n) is 4.37. The second-order valence-corrected chi connectivity index (χ2v) is 5.95. The van der Waals surface area contributed by atoms with Crippen LogP contribution in [0, 0.1) is 0 Å². The number of carbonyl (C=O) groups excluding carboxylic acids is 1. The number of halogens is 3. The summed E-state index contributed by atoms with van der Waals surface area (Å²) in [4.78, 5) is 13.6. The Balaban J connectivity index is 1.81. The zero-order valence-corrected chi connectivity index (χ0v) is 13.8. The van der Waals surface area contributed by atoms with Gasteiger partial charge in [-0.1, -0.05) is 12.1 Å². The van der Waals surface area contributed by atoms with Crippen molar-refractivity contribution in [3.8, 4) is 0 Å². The lowest BCUT2D eigenvalue weighted by Gasteiger charge is -2.37. The number of para-hydroxylation sites is 1. The molecule has 2 heterocycles. The second-order valence-electron chi connectivity index (χ2n) is 5.95. The molecular formula is C17H12F3N4O3-. The summed E-state index contributed by atoms with van der Waals surface area (Å²) in [7, 11) is 1.38. The Kier molecular flexibility index (Phi) is 3.58. The average molecular weight is 377 g/mol. The van der Waals surface area contributed by atoms with Crippen molar-refractivity contribution >= 4 is 17.3 Å². The number of benzene rings is 2. The zero-order valence-electron chi connectivity index (χ0n) is 13.8. The molecule has 27 heavy (non-hydrogen) atoms. The molecule has 140 valence electrons. The summed E-state index contributed by atoms with van der Waals surface area (Å²) in [5.41, 5.74) is -0.327. The first-order valence-electron chi connectivity index (χ1n) is 7.76. The van der Waals surface area contributed by atoms with Gasteiger partial charge < -0.3 is 5.11 Å². The van der Waals surface area contributed by atoms with Gasteiger partial charge in [0.2, 0.25) is 0 Å². The van der Waals surface area contributed by atoms with Gasteiger partial charge in [0.1, 0.15) is 5.82 Å². The number of fused-ring (bicyclic) bond motifs is 3. The highest BCUT2D eigenvalue weighted by molar-refractivity contribution is 6.03. The molecule has 2 aromatic rings. The monoisotopic (exact) mass is 377 g/mol. The van der Waals surface area contributed by atoms with Crippen LogP contribution in [0.2, 0.25) is 0 Å². The molecule has 1 amide bonds. The molecule has 7 nitrogen and oxygen atoms in total. The van der Waals surface area contributed by atoms with Gasteiger partial charge in [-0.3, -0.25) is 14.9 Å². The van der Waals surface area contributed by atoms with Gasteiger partial charge in [-0.25, -0.2) is 10.0 Å². The van der Waals surface area contributed by atoms with Crippen molar-refractivity contribution in [2.75, 3.05) is 17.1 Å². The van der Waals surface area contributed by atoms with Crippen molar-refractivity contribution in [3.63, 3.8) is 0 Å². The third-order valence-corrected chi connectivity index (χ3v) is 4.37. The molecular weight excluding hydrogens is 365 g/mol. The molecule has 2 aromatic carbocycles. The number of rotatable bonds is 1. The Morgan fingerprint density at radius 2 is 1.63 bits per heavy atom. The summed E-state index contributed by atoms with van der Waals surface area (Å²) in [6, 6.07) is 10.1. The molecule has 0 radical (unpaired) electrons. The number of amides is 1. The van der Waals surface area contributed by atoms with E-state index in [9.17, 15) is 28.3 Å². The fourth-order valence-corrected chi connectivity index (χ4v) is 3.06. The van der Waals surface area contributed by atoms with Crippen molar-refractivity contribution < 1.29 is 28.3 Å². The minimum Gasteiger partial charge on any atom is -0.856 e. The lowest BCUT2D eigenvalue weighted by molar-refractivity contribution is -0.314. The topological polar surface area (TPSA) is 73.3 Å². The van der Waals surface area contributed by atoms with Crippen LogP contribution in [0.1, 0.15) is 15.9 Å². The third kappa shape index (κ3) is 2.41. The van der Waals surface area contributed by atoms with Gasteiger partial charge in [0.15, 0.2) is 0 Å². The highest BCUT2D eigenvalue weighted by Crippen LogP contribution is 2.40. The summed E-state index contributed by atoms with van der Waals surface area (Å²) < 4.78 is 38.3. The van der Waals surface area contributed by atoms with Crippen molar-refractivity contribution in [2.45, 2.75) is 6.18 Å². The first-order chi connectivity index (χ1) is 12.7. The van der Waals surface area contributed by atoms with E-state index in [4.69, 9.17) is 0 Å². The highest BCUT2D eigenvalue weighted by Gasteiger charge is 2.43. The summed E-state index contributed by atoms with van der Waals surface area (Å²) >= 11 is 0. The smallest absolute Gasteiger partial charge is 0.416 e. The minimum atomic E-state index is -4.52. The van der Waals surface area contributed by atoms with Crippen LogP contribution in [-0.2, 0) is 6.18 Å². The predicted octanol–water partition coefficient (Wildman–Crippen LogP) is 2.13. The molecule has 0 spiro atoms. The quantitative estimate of drug-likeness (QED) is 0.821. The van der Waals surface area contributed by atoms with Crippen molar-refractivity contribution in [1.29, 1.82) is 0 Å². The number of hydrogen-bond donors (Lipinski definition) is 1. The van der Waals surface area contributed by atoms with Crippen LogP contribution < -0.4 is 15.1 Å². The maximum Gasteiger partial charge on any atom is 0.416 e. The van der Waals surface area contributed by atoms with E-state index in [2.05, 4.69) is 0 Å². The van der Waals surface area contributed by atoms with Crippen molar-refractivity contribution in [3.05, 3.63) is 71.4 Å². The molecule has 2 aliphatic rings. The van der Waals surface area contributed by atoms with Crippen LogP contribution in [0.5, 0.6) is 0 Å². The van der Waals surface area contributed by atoms with E-state index in [-0.39, 0.29) is 22.8 Å². The predicted molar refractivity (Wildman–Crippen MR) is 85.6 cm³/mol. The van der Waals surface area contributed by atoms with Gasteiger partial charge in [-0.05, 0) is 36.4 Å². The van der Waals surface area contributed by atoms with Gasteiger partial charge in [-0.15, -0.1) is 0 Å². The molecule has 10 heteroatoms. The Labute approximate surface area is 151 Å². The Hall–Kier alpha value is -3.24. The van der Waals surface area contributed by atoms with Gasteiger partial charge in [0, 0.05) is 18.2 Å². The van der Waals surface area contributed by atoms with E-state index in [1.807, 2.05) is 0 Å². The molecule has 0 saturated heterocycles. The molecule has 0 aromatic heterocycles. The fourth-order valence-electron chi connectivity index (χ4n) is 3.06.